The lowest BCUT2D eigenvalue weighted by atomic mass is 10.1. The second-order valence-electron chi connectivity index (χ2n) is 10.2. The zero-order chi connectivity index (χ0) is 30.2. The number of carbonyl (C=O) groups is 3. The summed E-state index contributed by atoms with van der Waals surface area (Å²) in [5.41, 5.74) is 2.30. The van der Waals surface area contributed by atoms with E-state index in [1.54, 1.807) is 17.0 Å². The van der Waals surface area contributed by atoms with Gasteiger partial charge < -0.3 is 20.3 Å². The van der Waals surface area contributed by atoms with Gasteiger partial charge in [0.25, 0.3) is 5.91 Å². The van der Waals surface area contributed by atoms with Gasteiger partial charge in [-0.1, -0.05) is 54.6 Å². The van der Waals surface area contributed by atoms with Crippen molar-refractivity contribution in [2.75, 3.05) is 30.4 Å². The molecule has 3 amide bonds. The number of hydrogen-bond donors (Lipinski definition) is 2. The number of carbonyl (C=O) groups excluding carboxylic acids is 3. The van der Waals surface area contributed by atoms with Gasteiger partial charge in [0.05, 0.1) is 0 Å². The minimum atomic E-state index is -0.947. The molecular weight excluding hydrogens is 584 g/mol. The quantitative estimate of drug-likeness (QED) is 0.237. The Labute approximate surface area is 260 Å². The molecule has 4 aromatic rings. The first-order chi connectivity index (χ1) is 20.9. The zero-order valence-electron chi connectivity index (χ0n) is 23.7. The highest BCUT2D eigenvalue weighted by Gasteiger charge is 2.39. The molecule has 10 heteroatoms. The van der Waals surface area contributed by atoms with Gasteiger partial charge in [-0.15, -0.1) is 22.9 Å². The summed E-state index contributed by atoms with van der Waals surface area (Å²) >= 11 is 7.53. The maximum atomic E-state index is 14.3. The SMILES string of the molecule is Cc1cc(Oc2ccccc2)ccc1N(C(=O)CCl)[C@H](C(=O)N1CCN[C@@H](C(=O)NCc2ccccc2)C1)c1cccs1. The van der Waals surface area contributed by atoms with Gasteiger partial charge in [0, 0.05) is 36.7 Å². The first-order valence-electron chi connectivity index (χ1n) is 14.0. The van der Waals surface area contributed by atoms with Crippen molar-refractivity contribution in [3.8, 4) is 11.5 Å². The molecule has 0 unspecified atom stereocenters. The van der Waals surface area contributed by atoms with Crippen LogP contribution in [0.2, 0.25) is 0 Å². The smallest absolute Gasteiger partial charge is 0.251 e. The molecule has 0 aliphatic carbocycles. The van der Waals surface area contributed by atoms with Crippen LogP contribution in [0.5, 0.6) is 11.5 Å². The van der Waals surface area contributed by atoms with Crippen LogP contribution in [0.25, 0.3) is 0 Å². The number of thiophene rings is 1. The number of ether oxygens (including phenoxy) is 1. The molecule has 0 saturated carbocycles. The summed E-state index contributed by atoms with van der Waals surface area (Å²) in [6.45, 7) is 3.28. The molecule has 2 N–H and O–H groups in total. The number of amides is 3. The third-order valence-electron chi connectivity index (χ3n) is 7.21. The number of aryl methyl sites for hydroxylation is 1. The fraction of sp³-hybridized carbons (Fsp3) is 0.242. The molecule has 3 aromatic carbocycles. The number of anilines is 1. The van der Waals surface area contributed by atoms with Crippen LogP contribution in [0.3, 0.4) is 0 Å². The second-order valence-corrected chi connectivity index (χ2v) is 11.4. The monoisotopic (exact) mass is 616 g/mol. The van der Waals surface area contributed by atoms with Gasteiger partial charge in [0.15, 0.2) is 0 Å². The summed E-state index contributed by atoms with van der Waals surface area (Å²) in [5, 5.41) is 8.06. The summed E-state index contributed by atoms with van der Waals surface area (Å²) in [4.78, 5) is 44.7. The van der Waals surface area contributed by atoms with Crippen molar-refractivity contribution in [3.05, 3.63) is 112 Å². The molecule has 2 atom stereocenters. The topological polar surface area (TPSA) is 91.0 Å². The molecule has 0 bridgehead atoms. The fourth-order valence-electron chi connectivity index (χ4n) is 5.08. The maximum absolute atomic E-state index is 14.3. The summed E-state index contributed by atoms with van der Waals surface area (Å²) in [5.74, 6) is 0.135. The molecule has 43 heavy (non-hydrogen) atoms. The van der Waals surface area contributed by atoms with Crippen LogP contribution in [-0.2, 0) is 20.9 Å². The van der Waals surface area contributed by atoms with Gasteiger partial charge in [0.2, 0.25) is 11.8 Å². The van der Waals surface area contributed by atoms with E-state index in [-0.39, 0.29) is 24.2 Å². The first-order valence-corrected chi connectivity index (χ1v) is 15.4. The summed E-state index contributed by atoms with van der Waals surface area (Å²) < 4.78 is 5.99. The van der Waals surface area contributed by atoms with Crippen LogP contribution in [0.15, 0.2) is 96.4 Å². The van der Waals surface area contributed by atoms with Gasteiger partial charge in [-0.3, -0.25) is 19.3 Å². The van der Waals surface area contributed by atoms with Gasteiger partial charge >= 0.3 is 0 Å². The summed E-state index contributed by atoms with van der Waals surface area (Å²) in [6, 6.07) is 26.6. The molecule has 1 fully saturated rings. The number of piperazine rings is 1. The first kappa shape index (κ1) is 30.3. The van der Waals surface area contributed by atoms with Crippen molar-refractivity contribution in [2.24, 2.45) is 0 Å². The van der Waals surface area contributed by atoms with E-state index in [2.05, 4.69) is 10.6 Å². The highest BCUT2D eigenvalue weighted by Crippen LogP contribution is 2.36. The molecule has 0 radical (unpaired) electrons. The highest BCUT2D eigenvalue weighted by atomic mass is 35.5. The van der Waals surface area contributed by atoms with E-state index in [1.807, 2.05) is 91.2 Å². The number of alkyl halides is 1. The molecule has 5 rings (SSSR count). The lowest BCUT2D eigenvalue weighted by molar-refractivity contribution is -0.137. The van der Waals surface area contributed by atoms with Crippen molar-refractivity contribution >= 4 is 46.3 Å². The Kier molecular flexibility index (Phi) is 10.1. The minimum Gasteiger partial charge on any atom is -0.457 e. The Morgan fingerprint density at radius 1 is 1.02 bits per heavy atom. The molecule has 1 saturated heterocycles. The van der Waals surface area contributed by atoms with Gasteiger partial charge in [-0.05, 0) is 59.8 Å². The van der Waals surface area contributed by atoms with Gasteiger partial charge in [-0.25, -0.2) is 0 Å². The minimum absolute atomic E-state index is 0.174. The molecule has 222 valence electrons. The average Bonchev–Trinajstić information content (AvgIpc) is 3.58. The molecular formula is C33H33ClN4O4S. The summed E-state index contributed by atoms with van der Waals surface area (Å²) in [6.07, 6.45) is 0. The van der Waals surface area contributed by atoms with E-state index >= 15 is 0 Å². The Morgan fingerprint density at radius 3 is 2.44 bits per heavy atom. The van der Waals surface area contributed by atoms with Crippen molar-refractivity contribution in [2.45, 2.75) is 25.6 Å². The molecule has 0 spiro atoms. The predicted octanol–water partition coefficient (Wildman–Crippen LogP) is 5.28. The second kappa shape index (κ2) is 14.3. The third kappa shape index (κ3) is 7.43. The van der Waals surface area contributed by atoms with Crippen molar-refractivity contribution in [1.82, 2.24) is 15.5 Å². The van der Waals surface area contributed by atoms with E-state index < -0.39 is 18.0 Å². The predicted molar refractivity (Wildman–Crippen MR) is 170 cm³/mol. The lowest BCUT2D eigenvalue weighted by Gasteiger charge is -2.38. The Morgan fingerprint density at radius 2 is 1.77 bits per heavy atom. The standard InChI is InChI=1S/C33H33ClN4O4S/c1-23-19-26(42-25-11-6-3-7-12-25)14-15-28(23)38(30(39)20-34)31(29-13-8-18-43-29)33(41)37-17-16-35-27(22-37)32(40)36-21-24-9-4-2-5-10-24/h2-15,18-19,27,31,35H,16-17,20-22H2,1H3,(H,36,40)/t27-,31+/m1/s1. The van der Waals surface area contributed by atoms with E-state index in [1.165, 1.54) is 16.2 Å². The van der Waals surface area contributed by atoms with Crippen LogP contribution in [-0.4, -0.2) is 54.2 Å². The molecule has 1 aliphatic heterocycles. The number of benzene rings is 3. The zero-order valence-corrected chi connectivity index (χ0v) is 25.3. The van der Waals surface area contributed by atoms with E-state index in [0.717, 1.165) is 11.1 Å². The number of hydrogen-bond acceptors (Lipinski definition) is 6. The van der Waals surface area contributed by atoms with Crippen LogP contribution in [0.4, 0.5) is 5.69 Å². The Hall–Kier alpha value is -4.18. The molecule has 8 nitrogen and oxygen atoms in total. The molecule has 1 aliphatic rings. The number of nitrogens with zero attached hydrogens (tertiary/aromatic N) is 2. The highest BCUT2D eigenvalue weighted by molar-refractivity contribution is 7.10. The van der Waals surface area contributed by atoms with Crippen LogP contribution in [0, 0.1) is 6.92 Å². The average molecular weight is 617 g/mol. The number of para-hydroxylation sites is 1. The van der Waals surface area contributed by atoms with Crippen LogP contribution < -0.4 is 20.3 Å². The van der Waals surface area contributed by atoms with Crippen LogP contribution >= 0.6 is 22.9 Å². The van der Waals surface area contributed by atoms with Gasteiger partial charge in [0.1, 0.15) is 29.5 Å². The Balaban J connectivity index is 1.39. The molecule has 1 aromatic heterocycles. The third-order valence-corrected chi connectivity index (χ3v) is 8.36. The number of nitrogens with one attached hydrogen (secondary N) is 2. The number of rotatable bonds is 10. The maximum Gasteiger partial charge on any atom is 0.251 e. The lowest BCUT2D eigenvalue weighted by Crippen LogP contribution is -2.60. The summed E-state index contributed by atoms with van der Waals surface area (Å²) in [7, 11) is 0. The van der Waals surface area contributed by atoms with E-state index in [4.69, 9.17) is 16.3 Å². The fourth-order valence-corrected chi connectivity index (χ4v) is 6.02. The number of halogens is 1. The normalized spacial score (nSPS) is 15.4. The van der Waals surface area contributed by atoms with Crippen molar-refractivity contribution < 1.29 is 19.1 Å². The van der Waals surface area contributed by atoms with Crippen LogP contribution in [0.1, 0.15) is 22.0 Å². The van der Waals surface area contributed by atoms with Crippen molar-refractivity contribution in [3.63, 3.8) is 0 Å². The Bertz CT molecular complexity index is 1540. The van der Waals surface area contributed by atoms with Gasteiger partial charge in [-0.2, -0.15) is 0 Å². The van der Waals surface area contributed by atoms with E-state index in [0.29, 0.717) is 41.7 Å². The largest absolute Gasteiger partial charge is 0.457 e. The van der Waals surface area contributed by atoms with Crippen molar-refractivity contribution in [1.29, 1.82) is 0 Å². The van der Waals surface area contributed by atoms with E-state index in [9.17, 15) is 14.4 Å². The molecule has 2 heterocycles.